The minimum absolute atomic E-state index is 0.0146. The van der Waals surface area contributed by atoms with E-state index in [0.717, 1.165) is 65.0 Å². The predicted molar refractivity (Wildman–Crippen MR) is 213 cm³/mol. The number of aliphatic hydroxyl groups is 1. The average Bonchev–Trinajstić information content (AvgIpc) is 3.56. The highest BCUT2D eigenvalue weighted by atomic mass is 16.7. The smallest absolute Gasteiger partial charge is 0.251 e. The molecule has 8 rings (SSSR count). The molecule has 3 fully saturated rings. The summed E-state index contributed by atoms with van der Waals surface area (Å²) < 4.78 is 13.7. The van der Waals surface area contributed by atoms with Crippen LogP contribution in [0.5, 0.6) is 0 Å². The number of para-hydroxylation sites is 1. The number of aliphatic hydroxyl groups excluding tert-OH is 1. The number of nitrogens with zero attached hydrogens (tertiary/aromatic N) is 2. The molecule has 9 heteroatoms. The van der Waals surface area contributed by atoms with Gasteiger partial charge in [-0.2, -0.15) is 0 Å². The Hall–Kier alpha value is -5.32. The summed E-state index contributed by atoms with van der Waals surface area (Å²) in [5.74, 6) is 0.0420. The van der Waals surface area contributed by atoms with Gasteiger partial charge in [-0.25, -0.2) is 0 Å². The lowest BCUT2D eigenvalue weighted by atomic mass is 9.84. The maximum Gasteiger partial charge on any atom is 0.251 e. The zero-order chi connectivity index (χ0) is 37.8. The predicted octanol–water partition coefficient (Wildman–Crippen LogP) is 7.00. The number of hydrogen-bond acceptors (Lipinski definition) is 7. The van der Waals surface area contributed by atoms with Crippen molar-refractivity contribution in [3.8, 4) is 11.1 Å². The van der Waals surface area contributed by atoms with Gasteiger partial charge in [0.1, 0.15) is 5.54 Å². The Bertz CT molecular complexity index is 2090. The number of carbonyl (C=O) groups is 2. The first-order valence-electron chi connectivity index (χ1n) is 19.3. The van der Waals surface area contributed by atoms with Crippen molar-refractivity contribution in [1.82, 2.24) is 15.5 Å². The molecule has 3 aliphatic rings. The van der Waals surface area contributed by atoms with Gasteiger partial charge in [-0.1, -0.05) is 104 Å². The van der Waals surface area contributed by atoms with E-state index in [1.807, 2.05) is 91.0 Å². The van der Waals surface area contributed by atoms with Crippen molar-refractivity contribution < 1.29 is 24.2 Å². The molecule has 3 saturated heterocycles. The van der Waals surface area contributed by atoms with E-state index in [-0.39, 0.29) is 36.5 Å². The first-order chi connectivity index (χ1) is 26.9. The van der Waals surface area contributed by atoms with Crippen LogP contribution in [0.15, 0.2) is 133 Å². The Morgan fingerprint density at radius 2 is 1.49 bits per heavy atom. The molecule has 0 unspecified atom stereocenters. The van der Waals surface area contributed by atoms with Crippen molar-refractivity contribution in [3.05, 3.63) is 161 Å². The van der Waals surface area contributed by atoms with Gasteiger partial charge in [0, 0.05) is 48.9 Å². The Kier molecular flexibility index (Phi) is 10.8. The fourth-order valence-corrected chi connectivity index (χ4v) is 8.32. The van der Waals surface area contributed by atoms with Crippen LogP contribution >= 0.6 is 0 Å². The van der Waals surface area contributed by atoms with Gasteiger partial charge in [0.2, 0.25) is 5.91 Å². The Morgan fingerprint density at radius 1 is 0.800 bits per heavy atom. The van der Waals surface area contributed by atoms with Gasteiger partial charge in [-0.05, 0) is 77.1 Å². The highest BCUT2D eigenvalue weighted by Gasteiger charge is 2.51. The van der Waals surface area contributed by atoms with Crippen molar-refractivity contribution in [2.24, 2.45) is 5.92 Å². The number of anilines is 1. The van der Waals surface area contributed by atoms with E-state index >= 15 is 0 Å². The molecule has 282 valence electrons. The van der Waals surface area contributed by atoms with Gasteiger partial charge >= 0.3 is 0 Å². The lowest BCUT2D eigenvalue weighted by Crippen LogP contribution is -2.57. The molecule has 55 heavy (non-hydrogen) atoms. The molecular formula is C46H48N4O5. The van der Waals surface area contributed by atoms with E-state index in [2.05, 4.69) is 69.8 Å². The molecule has 0 bridgehead atoms. The molecule has 0 saturated carbocycles. The molecule has 0 aliphatic carbocycles. The van der Waals surface area contributed by atoms with E-state index in [1.165, 1.54) is 0 Å². The molecule has 0 aromatic heterocycles. The van der Waals surface area contributed by atoms with E-state index in [9.17, 15) is 14.7 Å². The molecule has 3 heterocycles. The lowest BCUT2D eigenvalue weighted by Gasteiger charge is -2.46. The van der Waals surface area contributed by atoms with E-state index in [1.54, 1.807) is 0 Å². The summed E-state index contributed by atoms with van der Waals surface area (Å²) in [6, 6.07) is 44.0. The standard InChI is InChI=1S/C46H48N4O5/c1-32-41(29-49-24-22-46(23-25-49)45(53)48-31-50(46)40-16-6-3-7-17-40)54-44(55-42(32)35-20-18-33(30-51)19-21-35)39-15-9-14-38(27-39)37-13-8-10-34(26-37)28-47-43(52)36-11-4-2-5-12-36/h2-21,26-27,32,41-42,44,51H,22-25,28-31H2,1H3,(H,47,52)(H,48,53)/t32-,41+,42+,44+/m0/s1. The zero-order valence-electron chi connectivity index (χ0n) is 31.1. The average molecular weight is 737 g/mol. The van der Waals surface area contributed by atoms with Crippen LogP contribution in [0.25, 0.3) is 11.1 Å². The molecule has 0 radical (unpaired) electrons. The summed E-state index contributed by atoms with van der Waals surface area (Å²) in [5, 5.41) is 15.9. The van der Waals surface area contributed by atoms with Crippen molar-refractivity contribution >= 4 is 17.5 Å². The Labute approximate surface area is 322 Å². The number of amides is 2. The monoisotopic (exact) mass is 736 g/mol. The van der Waals surface area contributed by atoms with Gasteiger partial charge in [-0.3, -0.25) is 9.59 Å². The number of carbonyl (C=O) groups excluding carboxylic acids is 2. The molecule has 1 spiro atoms. The highest BCUT2D eigenvalue weighted by Crippen LogP contribution is 2.43. The van der Waals surface area contributed by atoms with Crippen LogP contribution in [-0.4, -0.2) is 59.8 Å². The van der Waals surface area contributed by atoms with Gasteiger partial charge in [0.25, 0.3) is 5.91 Å². The fraction of sp³-hybridized carbons (Fsp3) is 0.304. The lowest BCUT2D eigenvalue weighted by molar-refractivity contribution is -0.276. The van der Waals surface area contributed by atoms with Crippen molar-refractivity contribution in [1.29, 1.82) is 0 Å². The van der Waals surface area contributed by atoms with Crippen LogP contribution in [-0.2, 0) is 27.4 Å². The second-order valence-corrected chi connectivity index (χ2v) is 15.0. The number of rotatable bonds is 10. The third-order valence-electron chi connectivity index (χ3n) is 11.6. The molecule has 4 atom stereocenters. The van der Waals surface area contributed by atoms with E-state index in [0.29, 0.717) is 25.3 Å². The molecule has 3 aliphatic heterocycles. The Morgan fingerprint density at radius 3 is 2.22 bits per heavy atom. The minimum atomic E-state index is -0.609. The molecule has 3 N–H and O–H groups in total. The summed E-state index contributed by atoms with van der Waals surface area (Å²) in [7, 11) is 0. The van der Waals surface area contributed by atoms with Crippen LogP contribution in [0.1, 0.15) is 64.8 Å². The SMILES string of the molecule is C[C@H]1[C@@H](CN2CCC3(CC2)C(=O)NCN3c2ccccc2)O[C@@H](c2cccc(-c3cccc(CNC(=O)c4ccccc4)c3)c2)O[C@H]1c1ccc(CO)cc1. The zero-order valence-corrected chi connectivity index (χ0v) is 31.1. The normalized spacial score (nSPS) is 22.4. The van der Waals surface area contributed by atoms with Crippen LogP contribution in [0.4, 0.5) is 5.69 Å². The number of benzene rings is 5. The number of hydrogen-bond donors (Lipinski definition) is 3. The molecule has 2 amide bonds. The topological polar surface area (TPSA) is 103 Å². The first kappa shape index (κ1) is 36.6. The molecule has 9 nitrogen and oxygen atoms in total. The van der Waals surface area contributed by atoms with Crippen LogP contribution in [0, 0.1) is 5.92 Å². The summed E-state index contributed by atoms with van der Waals surface area (Å²) in [6.07, 6.45) is 0.484. The van der Waals surface area contributed by atoms with Crippen LogP contribution in [0.2, 0.25) is 0 Å². The second-order valence-electron chi connectivity index (χ2n) is 15.0. The number of ether oxygens (including phenoxy) is 2. The maximum absolute atomic E-state index is 13.3. The van der Waals surface area contributed by atoms with Crippen molar-refractivity contribution in [3.63, 3.8) is 0 Å². The Balaban J connectivity index is 1.00. The fourth-order valence-electron chi connectivity index (χ4n) is 8.32. The second kappa shape index (κ2) is 16.2. The third kappa shape index (κ3) is 7.79. The minimum Gasteiger partial charge on any atom is -0.392 e. The molecule has 5 aromatic carbocycles. The largest absolute Gasteiger partial charge is 0.392 e. The number of likely N-dealkylation sites (tertiary alicyclic amines) is 1. The van der Waals surface area contributed by atoms with Gasteiger partial charge in [-0.15, -0.1) is 0 Å². The third-order valence-corrected chi connectivity index (χ3v) is 11.6. The van der Waals surface area contributed by atoms with Crippen LogP contribution in [0.3, 0.4) is 0 Å². The van der Waals surface area contributed by atoms with Crippen molar-refractivity contribution in [2.75, 3.05) is 31.2 Å². The first-order valence-corrected chi connectivity index (χ1v) is 19.3. The maximum atomic E-state index is 13.3. The highest BCUT2D eigenvalue weighted by molar-refractivity contribution is 5.94. The summed E-state index contributed by atoms with van der Waals surface area (Å²) >= 11 is 0. The van der Waals surface area contributed by atoms with E-state index in [4.69, 9.17) is 9.47 Å². The number of nitrogens with one attached hydrogen (secondary N) is 2. The summed E-state index contributed by atoms with van der Waals surface area (Å²) in [6.45, 7) is 5.39. The van der Waals surface area contributed by atoms with Crippen LogP contribution < -0.4 is 15.5 Å². The molecule has 5 aromatic rings. The van der Waals surface area contributed by atoms with Gasteiger partial charge < -0.3 is 35.0 Å². The quantitative estimate of drug-likeness (QED) is 0.142. The van der Waals surface area contributed by atoms with Crippen molar-refractivity contribution in [2.45, 2.75) is 57.0 Å². The molecular weight excluding hydrogens is 689 g/mol. The summed E-state index contributed by atoms with van der Waals surface area (Å²) in [5.41, 5.74) is 7.04. The van der Waals surface area contributed by atoms with Gasteiger partial charge in [0.15, 0.2) is 6.29 Å². The van der Waals surface area contributed by atoms with Gasteiger partial charge in [0.05, 0.1) is 25.5 Å². The van der Waals surface area contributed by atoms with E-state index < -0.39 is 11.8 Å². The number of piperidine rings is 1. The summed E-state index contributed by atoms with van der Waals surface area (Å²) in [4.78, 5) is 30.7.